The van der Waals surface area contributed by atoms with Crippen LogP contribution in [0.1, 0.15) is 21.5 Å². The number of carbonyl (C=O) groups excluding carboxylic acids is 1. The van der Waals surface area contributed by atoms with Gasteiger partial charge in [-0.15, -0.1) is 0 Å². The van der Waals surface area contributed by atoms with E-state index in [9.17, 15) is 9.18 Å². The number of pyridine rings is 1. The fourth-order valence-electron chi connectivity index (χ4n) is 3.28. The molecule has 0 unspecified atom stereocenters. The van der Waals surface area contributed by atoms with Crippen LogP contribution in [0.2, 0.25) is 0 Å². The molecule has 0 aliphatic carbocycles. The van der Waals surface area contributed by atoms with Crippen LogP contribution in [-0.4, -0.2) is 42.0 Å². The number of halogens is 1. The Labute approximate surface area is 169 Å². The molecule has 29 heavy (non-hydrogen) atoms. The van der Waals surface area contributed by atoms with Gasteiger partial charge in [0.25, 0.3) is 5.91 Å². The van der Waals surface area contributed by atoms with Gasteiger partial charge in [0.2, 0.25) is 0 Å². The molecule has 0 spiro atoms. The van der Waals surface area contributed by atoms with Crippen molar-refractivity contribution in [3.8, 4) is 11.8 Å². The lowest BCUT2D eigenvalue weighted by molar-refractivity contribution is 0.0746. The number of hydrogen-bond donors (Lipinski definition) is 0. The first-order chi connectivity index (χ1) is 14.2. The van der Waals surface area contributed by atoms with Crippen molar-refractivity contribution >= 4 is 11.7 Å². The third kappa shape index (κ3) is 4.44. The summed E-state index contributed by atoms with van der Waals surface area (Å²) in [4.78, 5) is 21.2. The van der Waals surface area contributed by atoms with Gasteiger partial charge in [-0.25, -0.2) is 9.37 Å². The molecule has 1 aliphatic rings. The number of hydrogen-bond acceptors (Lipinski definition) is 3. The zero-order valence-corrected chi connectivity index (χ0v) is 15.9. The highest BCUT2D eigenvalue weighted by Gasteiger charge is 2.23. The Bertz CT molecular complexity index is 1050. The molecule has 1 saturated heterocycles. The van der Waals surface area contributed by atoms with E-state index in [1.54, 1.807) is 17.2 Å². The van der Waals surface area contributed by atoms with Crippen LogP contribution in [0.15, 0.2) is 72.9 Å². The maximum atomic E-state index is 14.2. The largest absolute Gasteiger partial charge is 0.353 e. The molecule has 1 aliphatic heterocycles. The van der Waals surface area contributed by atoms with Gasteiger partial charge in [-0.3, -0.25) is 4.79 Å². The second-order valence-corrected chi connectivity index (χ2v) is 6.78. The summed E-state index contributed by atoms with van der Waals surface area (Å²) in [5.74, 6) is 6.17. The molecule has 0 bridgehead atoms. The second kappa shape index (κ2) is 8.57. The molecule has 2 heterocycles. The van der Waals surface area contributed by atoms with Crippen LogP contribution in [0.25, 0.3) is 0 Å². The van der Waals surface area contributed by atoms with E-state index in [0.717, 1.165) is 11.4 Å². The minimum Gasteiger partial charge on any atom is -0.353 e. The first kappa shape index (κ1) is 18.7. The van der Waals surface area contributed by atoms with Crippen molar-refractivity contribution in [2.24, 2.45) is 0 Å². The number of carbonyl (C=O) groups is 1. The minimum atomic E-state index is -0.426. The predicted molar refractivity (Wildman–Crippen MR) is 111 cm³/mol. The summed E-state index contributed by atoms with van der Waals surface area (Å²) in [5, 5.41) is 0. The summed E-state index contributed by atoms with van der Waals surface area (Å²) in [7, 11) is 0. The van der Waals surface area contributed by atoms with E-state index >= 15 is 0 Å². The zero-order chi connectivity index (χ0) is 20.1. The van der Waals surface area contributed by atoms with E-state index in [2.05, 4.69) is 21.7 Å². The molecule has 0 radical (unpaired) electrons. The summed E-state index contributed by atoms with van der Waals surface area (Å²) in [5.41, 5.74) is 1.48. The fourth-order valence-corrected chi connectivity index (χ4v) is 3.28. The van der Waals surface area contributed by atoms with Crippen LogP contribution in [0.3, 0.4) is 0 Å². The van der Waals surface area contributed by atoms with Crippen molar-refractivity contribution < 1.29 is 9.18 Å². The van der Waals surface area contributed by atoms with Crippen LogP contribution >= 0.6 is 0 Å². The van der Waals surface area contributed by atoms with Gasteiger partial charge in [0.15, 0.2) is 0 Å². The first-order valence-corrected chi connectivity index (χ1v) is 9.52. The van der Waals surface area contributed by atoms with Gasteiger partial charge in [-0.05, 0) is 42.5 Å². The molecule has 2 aromatic carbocycles. The number of anilines is 1. The van der Waals surface area contributed by atoms with Crippen molar-refractivity contribution in [2.45, 2.75) is 0 Å². The highest BCUT2D eigenvalue weighted by molar-refractivity contribution is 5.94. The highest BCUT2D eigenvalue weighted by atomic mass is 19.1. The molecule has 3 aromatic rings. The van der Waals surface area contributed by atoms with Gasteiger partial charge in [-0.2, -0.15) is 0 Å². The standard InChI is InChI=1S/C24H20FN3O/c25-22-12-11-21(18-20(22)10-9-19-6-2-1-3-7-19)24(29)28-16-14-27(15-17-28)23-8-4-5-13-26-23/h1-8,11-13,18H,14-17H2. The lowest BCUT2D eigenvalue weighted by atomic mass is 10.1. The van der Waals surface area contributed by atoms with E-state index in [1.807, 2.05) is 48.5 Å². The molecule has 144 valence electrons. The molecule has 1 fully saturated rings. The zero-order valence-electron chi connectivity index (χ0n) is 15.9. The van der Waals surface area contributed by atoms with Gasteiger partial charge in [0.1, 0.15) is 11.6 Å². The predicted octanol–water partition coefficient (Wildman–Crippen LogP) is 3.58. The number of aromatic nitrogens is 1. The van der Waals surface area contributed by atoms with Crippen LogP contribution in [0, 0.1) is 17.7 Å². The van der Waals surface area contributed by atoms with Gasteiger partial charge in [0, 0.05) is 43.5 Å². The molecule has 4 nitrogen and oxygen atoms in total. The Hall–Kier alpha value is -3.65. The molecular weight excluding hydrogens is 365 g/mol. The lowest BCUT2D eigenvalue weighted by Crippen LogP contribution is -2.49. The van der Waals surface area contributed by atoms with Crippen molar-refractivity contribution in [3.63, 3.8) is 0 Å². The van der Waals surface area contributed by atoms with Gasteiger partial charge in [-0.1, -0.05) is 36.1 Å². The van der Waals surface area contributed by atoms with Crippen molar-refractivity contribution in [2.75, 3.05) is 31.1 Å². The molecule has 0 atom stereocenters. The Balaban J connectivity index is 1.46. The molecule has 0 N–H and O–H groups in total. The average Bonchev–Trinajstić information content (AvgIpc) is 2.79. The quantitative estimate of drug-likeness (QED) is 0.633. The van der Waals surface area contributed by atoms with Gasteiger partial charge >= 0.3 is 0 Å². The smallest absolute Gasteiger partial charge is 0.254 e. The monoisotopic (exact) mass is 385 g/mol. The number of amides is 1. The number of benzene rings is 2. The summed E-state index contributed by atoms with van der Waals surface area (Å²) in [6, 6.07) is 19.6. The summed E-state index contributed by atoms with van der Waals surface area (Å²) >= 11 is 0. The molecule has 4 rings (SSSR count). The first-order valence-electron chi connectivity index (χ1n) is 9.52. The van der Waals surface area contributed by atoms with Crippen LogP contribution in [0.5, 0.6) is 0 Å². The molecular formula is C24H20FN3O. The van der Waals surface area contributed by atoms with Crippen molar-refractivity contribution in [1.29, 1.82) is 0 Å². The average molecular weight is 385 g/mol. The van der Waals surface area contributed by atoms with Crippen molar-refractivity contribution in [3.05, 3.63) is 95.4 Å². The Morgan fingerprint density at radius 2 is 1.66 bits per heavy atom. The van der Waals surface area contributed by atoms with Crippen LogP contribution < -0.4 is 4.90 Å². The van der Waals surface area contributed by atoms with Crippen LogP contribution in [0.4, 0.5) is 10.2 Å². The number of rotatable bonds is 2. The maximum Gasteiger partial charge on any atom is 0.254 e. The van der Waals surface area contributed by atoms with Crippen molar-refractivity contribution in [1.82, 2.24) is 9.88 Å². The van der Waals surface area contributed by atoms with E-state index in [0.29, 0.717) is 31.7 Å². The molecule has 1 aromatic heterocycles. The van der Waals surface area contributed by atoms with E-state index < -0.39 is 5.82 Å². The molecule has 1 amide bonds. The maximum absolute atomic E-state index is 14.2. The van der Waals surface area contributed by atoms with Gasteiger partial charge in [0.05, 0.1) is 5.56 Å². The Kier molecular flexibility index (Phi) is 5.53. The Morgan fingerprint density at radius 3 is 2.38 bits per heavy atom. The fraction of sp³-hybridized carbons (Fsp3) is 0.167. The number of piperazine rings is 1. The third-order valence-corrected chi connectivity index (χ3v) is 4.87. The van der Waals surface area contributed by atoms with E-state index in [-0.39, 0.29) is 11.5 Å². The molecule has 0 saturated carbocycles. The topological polar surface area (TPSA) is 36.4 Å². The Morgan fingerprint density at radius 1 is 0.897 bits per heavy atom. The minimum absolute atomic E-state index is 0.103. The third-order valence-electron chi connectivity index (χ3n) is 4.87. The summed E-state index contributed by atoms with van der Waals surface area (Å²) in [6.07, 6.45) is 1.77. The highest BCUT2D eigenvalue weighted by Crippen LogP contribution is 2.16. The van der Waals surface area contributed by atoms with Gasteiger partial charge < -0.3 is 9.80 Å². The SMILES string of the molecule is O=C(c1ccc(F)c(C#Cc2ccccc2)c1)N1CCN(c2ccccn2)CC1. The normalized spacial score (nSPS) is 13.6. The van der Waals surface area contributed by atoms with E-state index in [1.165, 1.54) is 12.1 Å². The molecule has 5 heteroatoms. The van der Waals surface area contributed by atoms with Crippen LogP contribution in [-0.2, 0) is 0 Å². The lowest BCUT2D eigenvalue weighted by Gasteiger charge is -2.35. The number of nitrogens with zero attached hydrogens (tertiary/aromatic N) is 3. The summed E-state index contributed by atoms with van der Waals surface area (Å²) < 4.78 is 14.2. The van der Waals surface area contributed by atoms with E-state index in [4.69, 9.17) is 0 Å². The summed E-state index contributed by atoms with van der Waals surface area (Å²) in [6.45, 7) is 2.62. The second-order valence-electron chi connectivity index (χ2n) is 6.78.